The second-order valence-corrected chi connectivity index (χ2v) is 7.53. The Morgan fingerprint density at radius 2 is 1.82 bits per heavy atom. The van der Waals surface area contributed by atoms with Crippen molar-refractivity contribution in [1.82, 2.24) is 29.6 Å². The number of fused-ring (bicyclic) bond motifs is 1. The second kappa shape index (κ2) is 10.7. The van der Waals surface area contributed by atoms with Gasteiger partial charge in [-0.1, -0.05) is 0 Å². The number of carbonyl (C=O) groups excluding carboxylic acids is 1. The van der Waals surface area contributed by atoms with Crippen LogP contribution in [0.2, 0.25) is 0 Å². The molecule has 1 atom stereocenters. The first kappa shape index (κ1) is 24.6. The quantitative estimate of drug-likeness (QED) is 0.587. The van der Waals surface area contributed by atoms with Crippen LogP contribution in [-0.4, -0.2) is 65.9 Å². The van der Waals surface area contributed by atoms with E-state index in [1.165, 1.54) is 0 Å². The fourth-order valence-electron chi connectivity index (χ4n) is 3.26. The molecule has 0 radical (unpaired) electrons. The second-order valence-electron chi connectivity index (χ2n) is 7.53. The highest BCUT2D eigenvalue weighted by molar-refractivity contribution is 5.92. The van der Waals surface area contributed by atoms with E-state index in [4.69, 9.17) is 9.90 Å². The largest absolute Gasteiger partial charge is 0.490 e. The lowest BCUT2D eigenvalue weighted by atomic mass is 10.1. The Morgan fingerprint density at radius 1 is 1.12 bits per heavy atom. The van der Waals surface area contributed by atoms with Crippen molar-refractivity contribution in [1.29, 1.82) is 0 Å². The monoisotopic (exact) mass is 477 g/mol. The van der Waals surface area contributed by atoms with Crippen LogP contribution >= 0.6 is 0 Å². The fraction of sp³-hybridized carbons (Fsp3) is 0.333. The summed E-state index contributed by atoms with van der Waals surface area (Å²) in [7, 11) is 0. The summed E-state index contributed by atoms with van der Waals surface area (Å²) in [5.74, 6) is -2.06. The summed E-state index contributed by atoms with van der Waals surface area (Å²) < 4.78 is 33.7. The average Bonchev–Trinajstić information content (AvgIpc) is 3.15. The van der Waals surface area contributed by atoms with Gasteiger partial charge in [-0.25, -0.2) is 14.8 Å². The zero-order chi connectivity index (χ0) is 24.7. The van der Waals surface area contributed by atoms with E-state index in [9.17, 15) is 18.0 Å². The first-order valence-electron chi connectivity index (χ1n) is 10.2. The Balaban J connectivity index is 0.000000406. The molecule has 0 aliphatic carbocycles. The summed E-state index contributed by atoms with van der Waals surface area (Å²) in [6, 6.07) is 7.46. The highest BCUT2D eigenvalue weighted by atomic mass is 19.4. The van der Waals surface area contributed by atoms with Crippen molar-refractivity contribution in [3.8, 4) is 0 Å². The van der Waals surface area contributed by atoms with Crippen molar-refractivity contribution in [3.05, 3.63) is 66.0 Å². The molecule has 4 heterocycles. The van der Waals surface area contributed by atoms with E-state index in [2.05, 4.69) is 25.4 Å². The van der Waals surface area contributed by atoms with E-state index in [0.29, 0.717) is 31.3 Å². The normalized spacial score (nSPS) is 15.4. The van der Waals surface area contributed by atoms with Crippen LogP contribution in [0.3, 0.4) is 0 Å². The highest BCUT2D eigenvalue weighted by Gasteiger charge is 2.38. The van der Waals surface area contributed by atoms with E-state index in [1.807, 2.05) is 34.7 Å². The van der Waals surface area contributed by atoms with Crippen LogP contribution in [-0.2, 0) is 17.9 Å². The van der Waals surface area contributed by atoms with E-state index < -0.39 is 12.1 Å². The minimum Gasteiger partial charge on any atom is -0.475 e. The number of aromatic nitrogens is 5. The van der Waals surface area contributed by atoms with Crippen LogP contribution in [0.15, 0.2) is 49.1 Å². The molecule has 1 amide bonds. The zero-order valence-electron chi connectivity index (χ0n) is 18.1. The number of pyridine rings is 1. The van der Waals surface area contributed by atoms with Crippen LogP contribution in [0.25, 0.3) is 0 Å². The number of aryl methyl sites for hydroxylation is 1. The summed E-state index contributed by atoms with van der Waals surface area (Å²) in [6.07, 6.45) is 1.77. The number of amides is 1. The van der Waals surface area contributed by atoms with Gasteiger partial charge in [0.25, 0.3) is 5.91 Å². The van der Waals surface area contributed by atoms with Gasteiger partial charge in [0.05, 0.1) is 12.2 Å². The minimum atomic E-state index is -5.08. The lowest BCUT2D eigenvalue weighted by Crippen LogP contribution is -2.36. The van der Waals surface area contributed by atoms with Crippen molar-refractivity contribution >= 4 is 17.8 Å². The van der Waals surface area contributed by atoms with Gasteiger partial charge < -0.3 is 15.3 Å². The first-order chi connectivity index (χ1) is 16.1. The predicted octanol–water partition coefficient (Wildman–Crippen LogP) is 2.39. The first-order valence-corrected chi connectivity index (χ1v) is 10.2. The topological polar surface area (TPSA) is 126 Å². The number of carboxylic acid groups (broad SMARTS) is 1. The van der Waals surface area contributed by atoms with Crippen LogP contribution in [0.5, 0.6) is 0 Å². The van der Waals surface area contributed by atoms with E-state index in [-0.39, 0.29) is 11.8 Å². The molecule has 4 rings (SSSR count). The van der Waals surface area contributed by atoms with Crippen LogP contribution in [0, 0.1) is 12.8 Å². The Morgan fingerprint density at radius 3 is 2.47 bits per heavy atom. The lowest BCUT2D eigenvalue weighted by Gasteiger charge is -2.24. The molecule has 0 fully saturated rings. The Kier molecular flexibility index (Phi) is 7.76. The summed E-state index contributed by atoms with van der Waals surface area (Å²) in [5, 5.41) is 14.8. The average molecular weight is 477 g/mol. The molecular formula is C21H22F3N7O3. The van der Waals surface area contributed by atoms with Gasteiger partial charge in [0.15, 0.2) is 0 Å². The van der Waals surface area contributed by atoms with Gasteiger partial charge in [0.1, 0.15) is 5.69 Å². The molecule has 1 aliphatic rings. The smallest absolute Gasteiger partial charge is 0.475 e. The van der Waals surface area contributed by atoms with Crippen LogP contribution in [0.4, 0.5) is 19.1 Å². The van der Waals surface area contributed by atoms with Gasteiger partial charge in [-0.05, 0) is 36.8 Å². The Bertz CT molecular complexity index is 1120. The van der Waals surface area contributed by atoms with Crippen molar-refractivity contribution in [2.24, 2.45) is 5.92 Å². The molecule has 1 unspecified atom stereocenters. The zero-order valence-corrected chi connectivity index (χ0v) is 18.1. The molecule has 0 aromatic carbocycles. The summed E-state index contributed by atoms with van der Waals surface area (Å²) >= 11 is 0. The molecule has 3 aromatic rings. The molecule has 2 N–H and O–H groups in total. The number of hydrogen-bond donors (Lipinski definition) is 2. The van der Waals surface area contributed by atoms with E-state index in [1.54, 1.807) is 30.9 Å². The maximum Gasteiger partial charge on any atom is 0.490 e. The molecule has 0 saturated carbocycles. The number of carboxylic acids is 1. The van der Waals surface area contributed by atoms with Crippen LogP contribution in [0.1, 0.15) is 21.7 Å². The highest BCUT2D eigenvalue weighted by Crippen LogP contribution is 2.18. The van der Waals surface area contributed by atoms with Crippen molar-refractivity contribution in [2.45, 2.75) is 26.2 Å². The number of nitrogens with zero attached hydrogens (tertiary/aromatic N) is 6. The number of nitrogens with one attached hydrogen (secondary N) is 1. The van der Waals surface area contributed by atoms with Crippen molar-refractivity contribution in [2.75, 3.05) is 18.4 Å². The summed E-state index contributed by atoms with van der Waals surface area (Å²) in [6.45, 7) is 4.47. The number of rotatable bonds is 4. The minimum absolute atomic E-state index is 0.0608. The van der Waals surface area contributed by atoms with Gasteiger partial charge in [-0.15, -0.1) is 0 Å². The predicted molar refractivity (Wildman–Crippen MR) is 114 cm³/mol. The molecule has 10 nitrogen and oxygen atoms in total. The SMILES string of the molecule is Cc1ccnc(C(=O)N2Cc3ccnn3CC(CNc3ncccn3)C2)c1.O=C(O)C(F)(F)F. The maximum absolute atomic E-state index is 13.0. The molecule has 1 aliphatic heterocycles. The number of hydrogen-bond acceptors (Lipinski definition) is 7. The fourth-order valence-corrected chi connectivity index (χ4v) is 3.26. The Labute approximate surface area is 192 Å². The third kappa shape index (κ3) is 6.73. The van der Waals surface area contributed by atoms with Gasteiger partial charge in [-0.3, -0.25) is 14.5 Å². The molecule has 0 saturated heterocycles. The van der Waals surface area contributed by atoms with Gasteiger partial charge >= 0.3 is 12.1 Å². The molecule has 3 aromatic heterocycles. The lowest BCUT2D eigenvalue weighted by molar-refractivity contribution is -0.192. The molecule has 180 valence electrons. The summed E-state index contributed by atoms with van der Waals surface area (Å²) in [5.41, 5.74) is 2.52. The van der Waals surface area contributed by atoms with Crippen molar-refractivity contribution < 1.29 is 27.9 Å². The number of alkyl halides is 3. The van der Waals surface area contributed by atoms with Crippen molar-refractivity contribution in [3.63, 3.8) is 0 Å². The number of carbonyl (C=O) groups is 2. The molecule has 34 heavy (non-hydrogen) atoms. The molecule has 0 spiro atoms. The number of halogens is 3. The maximum atomic E-state index is 13.0. The van der Waals surface area contributed by atoms with E-state index in [0.717, 1.165) is 17.8 Å². The van der Waals surface area contributed by atoms with Crippen LogP contribution < -0.4 is 5.32 Å². The molecular weight excluding hydrogens is 455 g/mol. The number of aliphatic carboxylic acids is 1. The van der Waals surface area contributed by atoms with Gasteiger partial charge in [0.2, 0.25) is 5.95 Å². The molecule has 0 bridgehead atoms. The Hall–Kier alpha value is -4.03. The van der Waals surface area contributed by atoms with E-state index >= 15 is 0 Å². The molecule has 13 heteroatoms. The van der Waals surface area contributed by atoms with Gasteiger partial charge in [0, 0.05) is 50.3 Å². The van der Waals surface area contributed by atoms with Gasteiger partial charge in [-0.2, -0.15) is 18.3 Å². The third-order valence-electron chi connectivity index (χ3n) is 4.85. The third-order valence-corrected chi connectivity index (χ3v) is 4.85. The standard InChI is InChI=1S/C19H21N7O.C2HF3O2/c1-14-3-7-20-17(9-14)18(27)25-11-15(10-23-19-21-5-2-6-22-19)12-26-16(13-25)4-8-24-26;3-2(4,5)1(6)7/h2-9,15H,10-13H2,1H3,(H,21,22,23);(H,6,7). The number of anilines is 1. The summed E-state index contributed by atoms with van der Waals surface area (Å²) in [4.78, 5) is 36.4.